The van der Waals surface area contributed by atoms with Gasteiger partial charge in [-0.1, -0.05) is 19.8 Å². The highest BCUT2D eigenvalue weighted by atomic mass is 16.5. The van der Waals surface area contributed by atoms with E-state index in [0.717, 1.165) is 38.0 Å². The summed E-state index contributed by atoms with van der Waals surface area (Å²) < 4.78 is 16.6. The summed E-state index contributed by atoms with van der Waals surface area (Å²) in [7, 11) is 1.54. The van der Waals surface area contributed by atoms with Crippen LogP contribution < -0.4 is 14.2 Å². The summed E-state index contributed by atoms with van der Waals surface area (Å²) in [5.41, 5.74) is 0.663. The second-order valence-electron chi connectivity index (χ2n) is 7.13. The van der Waals surface area contributed by atoms with Crippen molar-refractivity contribution in [3.8, 4) is 17.5 Å². The first kappa shape index (κ1) is 20.9. The molecule has 1 aliphatic heterocycles. The average molecular weight is 399 g/mol. The number of likely N-dealkylation sites (tertiary alicyclic amines) is 1. The molecule has 1 fully saturated rings. The minimum absolute atomic E-state index is 0.0108. The number of nitrogens with zero attached hydrogens (tertiary/aromatic N) is 3. The lowest BCUT2D eigenvalue weighted by atomic mass is 10.1. The quantitative estimate of drug-likeness (QED) is 0.598. The summed E-state index contributed by atoms with van der Waals surface area (Å²) in [6, 6.07) is 10.8. The monoisotopic (exact) mass is 399 g/mol. The number of piperidine rings is 1. The molecule has 0 radical (unpaired) electrons. The van der Waals surface area contributed by atoms with Gasteiger partial charge in [0, 0.05) is 24.2 Å². The Kier molecular flexibility index (Phi) is 7.67. The van der Waals surface area contributed by atoms with Crippen LogP contribution in [0.15, 0.2) is 36.4 Å². The van der Waals surface area contributed by atoms with Gasteiger partial charge in [0.2, 0.25) is 11.8 Å². The third kappa shape index (κ3) is 6.07. The number of methoxy groups -OCH3 is 1. The fraction of sp³-hybridized carbons (Fsp3) is 0.500. The summed E-state index contributed by atoms with van der Waals surface area (Å²) >= 11 is 0. The van der Waals surface area contributed by atoms with Crippen molar-refractivity contribution in [1.29, 1.82) is 0 Å². The summed E-state index contributed by atoms with van der Waals surface area (Å²) in [6.45, 7) is 4.13. The van der Waals surface area contributed by atoms with E-state index in [0.29, 0.717) is 30.5 Å². The Balaban J connectivity index is 1.53. The van der Waals surface area contributed by atoms with Crippen LogP contribution in [0.25, 0.3) is 0 Å². The summed E-state index contributed by atoms with van der Waals surface area (Å²) in [5, 5.41) is 7.92. The van der Waals surface area contributed by atoms with E-state index >= 15 is 0 Å². The fourth-order valence-electron chi connectivity index (χ4n) is 3.29. The zero-order valence-corrected chi connectivity index (χ0v) is 17.2. The maximum absolute atomic E-state index is 12.9. The molecule has 2 heterocycles. The molecule has 7 heteroatoms. The Morgan fingerprint density at radius 2 is 1.86 bits per heavy atom. The first-order valence-corrected chi connectivity index (χ1v) is 10.3. The van der Waals surface area contributed by atoms with Gasteiger partial charge in [-0.25, -0.2) is 0 Å². The molecule has 0 bridgehead atoms. The average Bonchev–Trinajstić information content (AvgIpc) is 2.77. The molecule has 1 saturated heterocycles. The molecule has 0 saturated carbocycles. The number of benzene rings is 1. The first-order chi connectivity index (χ1) is 14.2. The second kappa shape index (κ2) is 10.6. The van der Waals surface area contributed by atoms with Crippen LogP contribution in [0.3, 0.4) is 0 Å². The van der Waals surface area contributed by atoms with E-state index in [-0.39, 0.29) is 12.0 Å². The van der Waals surface area contributed by atoms with E-state index in [9.17, 15) is 4.79 Å². The summed E-state index contributed by atoms with van der Waals surface area (Å²) in [4.78, 5) is 14.7. The Morgan fingerprint density at radius 3 is 2.55 bits per heavy atom. The molecule has 1 aliphatic rings. The van der Waals surface area contributed by atoms with E-state index in [4.69, 9.17) is 14.2 Å². The minimum Gasteiger partial charge on any atom is -0.494 e. The van der Waals surface area contributed by atoms with Crippen LogP contribution in [0.5, 0.6) is 17.5 Å². The Morgan fingerprint density at radius 1 is 1.10 bits per heavy atom. The van der Waals surface area contributed by atoms with Crippen LogP contribution in [0.1, 0.15) is 49.4 Å². The molecule has 1 aromatic heterocycles. The second-order valence-corrected chi connectivity index (χ2v) is 7.13. The third-order valence-electron chi connectivity index (χ3n) is 4.90. The zero-order chi connectivity index (χ0) is 20.5. The van der Waals surface area contributed by atoms with Crippen molar-refractivity contribution in [2.45, 2.75) is 45.1 Å². The lowest BCUT2D eigenvalue weighted by Gasteiger charge is -2.32. The molecule has 0 aliphatic carbocycles. The number of hydrogen-bond acceptors (Lipinski definition) is 6. The predicted octanol–water partition coefficient (Wildman–Crippen LogP) is 3.74. The van der Waals surface area contributed by atoms with Gasteiger partial charge in [-0.05, 0) is 43.5 Å². The molecule has 1 unspecified atom stereocenters. The van der Waals surface area contributed by atoms with Gasteiger partial charge >= 0.3 is 0 Å². The van der Waals surface area contributed by atoms with Crippen LogP contribution in [0, 0.1) is 0 Å². The molecule has 156 valence electrons. The van der Waals surface area contributed by atoms with E-state index in [2.05, 4.69) is 17.1 Å². The maximum atomic E-state index is 12.9. The van der Waals surface area contributed by atoms with Crippen molar-refractivity contribution in [1.82, 2.24) is 15.1 Å². The smallest absolute Gasteiger partial charge is 0.253 e. The minimum atomic E-state index is -0.100. The van der Waals surface area contributed by atoms with Crippen molar-refractivity contribution in [3.05, 3.63) is 42.0 Å². The molecular weight excluding hydrogens is 370 g/mol. The Hall–Kier alpha value is -2.83. The number of unbranched alkanes of at least 4 members (excludes halogenated alkanes) is 2. The summed E-state index contributed by atoms with van der Waals surface area (Å²) in [6.07, 6.45) is 5.04. The molecule has 2 aromatic rings. The van der Waals surface area contributed by atoms with Crippen molar-refractivity contribution in [2.24, 2.45) is 0 Å². The number of ether oxygens (including phenoxy) is 3. The predicted molar refractivity (Wildman–Crippen MR) is 110 cm³/mol. The highest BCUT2D eigenvalue weighted by Crippen LogP contribution is 2.20. The van der Waals surface area contributed by atoms with Gasteiger partial charge in [-0.3, -0.25) is 4.79 Å². The molecule has 29 heavy (non-hydrogen) atoms. The zero-order valence-electron chi connectivity index (χ0n) is 17.2. The van der Waals surface area contributed by atoms with Crippen molar-refractivity contribution in [2.75, 3.05) is 26.8 Å². The summed E-state index contributed by atoms with van der Waals surface area (Å²) in [5.74, 6) is 1.69. The lowest BCUT2D eigenvalue weighted by Crippen LogP contribution is -2.44. The van der Waals surface area contributed by atoms with Crippen molar-refractivity contribution in [3.63, 3.8) is 0 Å². The van der Waals surface area contributed by atoms with E-state index in [1.165, 1.54) is 6.42 Å². The molecular formula is C22H29N3O4. The van der Waals surface area contributed by atoms with Gasteiger partial charge in [0.1, 0.15) is 11.9 Å². The highest BCUT2D eigenvalue weighted by molar-refractivity contribution is 5.94. The molecule has 1 aromatic carbocycles. The number of carbonyl (C=O) groups is 1. The highest BCUT2D eigenvalue weighted by Gasteiger charge is 2.26. The van der Waals surface area contributed by atoms with Gasteiger partial charge in [-0.15, -0.1) is 10.2 Å². The van der Waals surface area contributed by atoms with Crippen LogP contribution in [-0.2, 0) is 0 Å². The number of aromatic nitrogens is 2. The van der Waals surface area contributed by atoms with E-state index in [1.807, 2.05) is 29.2 Å². The lowest BCUT2D eigenvalue weighted by molar-refractivity contribution is 0.0525. The molecule has 3 rings (SSSR count). The maximum Gasteiger partial charge on any atom is 0.253 e. The van der Waals surface area contributed by atoms with E-state index in [1.54, 1.807) is 19.2 Å². The SMILES string of the molecule is CCCCCOc1ccc(C(=O)N2CCCC(Oc3ccc(OC)nn3)C2)cc1. The molecule has 7 nitrogen and oxygen atoms in total. The van der Waals surface area contributed by atoms with Gasteiger partial charge in [0.05, 0.1) is 20.3 Å². The van der Waals surface area contributed by atoms with Gasteiger partial charge < -0.3 is 19.1 Å². The van der Waals surface area contributed by atoms with E-state index < -0.39 is 0 Å². The molecule has 1 atom stereocenters. The Labute approximate surface area is 172 Å². The number of amides is 1. The number of rotatable bonds is 9. The number of hydrogen-bond donors (Lipinski definition) is 0. The molecule has 1 amide bonds. The largest absolute Gasteiger partial charge is 0.494 e. The molecule has 0 spiro atoms. The van der Waals surface area contributed by atoms with Crippen LogP contribution in [-0.4, -0.2) is 53.9 Å². The third-order valence-corrected chi connectivity index (χ3v) is 4.90. The fourth-order valence-corrected chi connectivity index (χ4v) is 3.29. The van der Waals surface area contributed by atoms with Crippen LogP contribution >= 0.6 is 0 Å². The molecule has 0 N–H and O–H groups in total. The van der Waals surface area contributed by atoms with Crippen LogP contribution in [0.2, 0.25) is 0 Å². The van der Waals surface area contributed by atoms with Gasteiger partial charge in [0.25, 0.3) is 5.91 Å². The number of carbonyl (C=O) groups excluding carboxylic acids is 1. The van der Waals surface area contributed by atoms with Crippen molar-refractivity contribution < 1.29 is 19.0 Å². The standard InChI is InChI=1S/C22H29N3O4/c1-3-4-5-15-28-18-10-8-17(9-11-18)22(26)25-14-6-7-19(16-25)29-21-13-12-20(27-2)23-24-21/h8-13,19H,3-7,14-16H2,1-2H3. The van der Waals surface area contributed by atoms with Crippen molar-refractivity contribution >= 4 is 5.91 Å². The normalized spacial score (nSPS) is 16.3. The van der Waals surface area contributed by atoms with Gasteiger partial charge in [-0.2, -0.15) is 0 Å². The first-order valence-electron chi connectivity index (χ1n) is 10.3. The van der Waals surface area contributed by atoms with Gasteiger partial charge in [0.15, 0.2) is 0 Å². The van der Waals surface area contributed by atoms with Crippen LogP contribution in [0.4, 0.5) is 0 Å². The Bertz CT molecular complexity index is 765. The topological polar surface area (TPSA) is 73.8 Å².